The zero-order chi connectivity index (χ0) is 21.7. The number of hydrogen-bond acceptors (Lipinski definition) is 5. The first-order chi connectivity index (χ1) is 14.3. The van der Waals surface area contributed by atoms with Crippen molar-refractivity contribution in [2.75, 3.05) is 24.3 Å². The highest BCUT2D eigenvalue weighted by molar-refractivity contribution is 5.98. The third kappa shape index (κ3) is 5.47. The van der Waals surface area contributed by atoms with E-state index in [0.29, 0.717) is 11.3 Å². The van der Waals surface area contributed by atoms with Gasteiger partial charge in [-0.2, -0.15) is 0 Å². The zero-order valence-corrected chi connectivity index (χ0v) is 17.7. The molecule has 1 N–H and O–H groups in total. The summed E-state index contributed by atoms with van der Waals surface area (Å²) >= 11 is 0. The highest BCUT2D eigenvalue weighted by Crippen LogP contribution is 2.23. The van der Waals surface area contributed by atoms with Gasteiger partial charge in [-0.3, -0.25) is 14.4 Å². The lowest BCUT2D eigenvalue weighted by Gasteiger charge is -2.15. The second-order valence-electron chi connectivity index (χ2n) is 7.82. The Bertz CT molecular complexity index is 935. The fraction of sp³-hybridized carbons (Fsp3) is 0.375. The van der Waals surface area contributed by atoms with Crippen molar-refractivity contribution in [2.45, 2.75) is 45.1 Å². The highest BCUT2D eigenvalue weighted by atomic mass is 16.5. The Morgan fingerprint density at radius 2 is 1.70 bits per heavy atom. The molecule has 0 aromatic heterocycles. The van der Waals surface area contributed by atoms with Crippen LogP contribution in [0.3, 0.4) is 0 Å². The first kappa shape index (κ1) is 21.6. The van der Waals surface area contributed by atoms with Gasteiger partial charge in [0.1, 0.15) is 0 Å². The monoisotopic (exact) mass is 408 g/mol. The van der Waals surface area contributed by atoms with E-state index < -0.39 is 18.0 Å². The molecule has 3 rings (SSSR count). The predicted molar refractivity (Wildman–Crippen MR) is 117 cm³/mol. The molecule has 0 spiro atoms. The smallest absolute Gasteiger partial charge is 0.307 e. The van der Waals surface area contributed by atoms with Crippen LogP contribution in [0.1, 0.15) is 47.7 Å². The molecule has 158 valence electrons. The minimum Gasteiger partial charge on any atom is -0.453 e. The molecule has 0 fully saturated rings. The van der Waals surface area contributed by atoms with Gasteiger partial charge in [-0.05, 0) is 67.6 Å². The molecule has 2 aromatic rings. The van der Waals surface area contributed by atoms with Crippen LogP contribution in [-0.4, -0.2) is 37.9 Å². The average molecular weight is 408 g/mol. The maximum Gasteiger partial charge on any atom is 0.307 e. The number of hydrogen-bond donors (Lipinski definition) is 1. The van der Waals surface area contributed by atoms with Gasteiger partial charge in [0.15, 0.2) is 11.9 Å². The number of Topliss-reactive ketones (excluding diaryl/α,β-unsaturated/α-hetero) is 1. The van der Waals surface area contributed by atoms with Crippen LogP contribution in [0.25, 0.3) is 0 Å². The molecule has 0 saturated carbocycles. The first-order valence-electron chi connectivity index (χ1n) is 10.3. The van der Waals surface area contributed by atoms with E-state index in [2.05, 4.69) is 5.32 Å². The van der Waals surface area contributed by atoms with Gasteiger partial charge < -0.3 is 15.0 Å². The molecule has 1 amide bonds. The Labute approximate surface area is 177 Å². The largest absolute Gasteiger partial charge is 0.453 e. The van der Waals surface area contributed by atoms with Crippen molar-refractivity contribution in [1.82, 2.24) is 0 Å². The van der Waals surface area contributed by atoms with Gasteiger partial charge in [0.05, 0.1) is 6.42 Å². The zero-order valence-electron chi connectivity index (χ0n) is 17.7. The summed E-state index contributed by atoms with van der Waals surface area (Å²) in [6, 6.07) is 13.1. The first-order valence-corrected chi connectivity index (χ1v) is 10.3. The maximum atomic E-state index is 12.4. The summed E-state index contributed by atoms with van der Waals surface area (Å²) < 4.78 is 5.20. The van der Waals surface area contributed by atoms with E-state index in [-0.39, 0.29) is 18.6 Å². The molecule has 1 unspecified atom stereocenters. The fourth-order valence-electron chi connectivity index (χ4n) is 3.50. The van der Waals surface area contributed by atoms with E-state index in [4.69, 9.17) is 4.74 Å². The molecule has 6 nitrogen and oxygen atoms in total. The SMILES string of the molecule is CC(OC(=O)CCC(=O)c1ccc2c(c1)CCC2)C(=O)Nc1ccc(N(C)C)cc1. The summed E-state index contributed by atoms with van der Waals surface area (Å²) in [6.07, 6.45) is 2.27. The summed E-state index contributed by atoms with van der Waals surface area (Å²) in [5, 5.41) is 2.73. The van der Waals surface area contributed by atoms with Crippen LogP contribution in [0.4, 0.5) is 11.4 Å². The van der Waals surface area contributed by atoms with E-state index in [1.54, 1.807) is 12.1 Å². The molecule has 0 heterocycles. The van der Waals surface area contributed by atoms with Crippen LogP contribution in [0.2, 0.25) is 0 Å². The van der Waals surface area contributed by atoms with Gasteiger partial charge in [-0.25, -0.2) is 0 Å². The number of carbonyl (C=O) groups excluding carboxylic acids is 3. The van der Waals surface area contributed by atoms with Gasteiger partial charge in [-0.1, -0.05) is 12.1 Å². The van der Waals surface area contributed by atoms with E-state index in [0.717, 1.165) is 24.9 Å². The number of ether oxygens (including phenoxy) is 1. The molecular formula is C24H28N2O4. The Kier molecular flexibility index (Phi) is 6.87. The van der Waals surface area contributed by atoms with Gasteiger partial charge >= 0.3 is 5.97 Å². The van der Waals surface area contributed by atoms with Crippen molar-refractivity contribution < 1.29 is 19.1 Å². The van der Waals surface area contributed by atoms with Crippen molar-refractivity contribution >= 4 is 29.0 Å². The topological polar surface area (TPSA) is 75.7 Å². The van der Waals surface area contributed by atoms with Gasteiger partial charge in [-0.15, -0.1) is 0 Å². The molecule has 0 bridgehead atoms. The average Bonchev–Trinajstić information content (AvgIpc) is 3.20. The van der Waals surface area contributed by atoms with Crippen molar-refractivity contribution in [3.05, 3.63) is 59.2 Å². The molecule has 1 aliphatic carbocycles. The Morgan fingerprint density at radius 1 is 1.00 bits per heavy atom. The van der Waals surface area contributed by atoms with Crippen LogP contribution < -0.4 is 10.2 Å². The second-order valence-corrected chi connectivity index (χ2v) is 7.82. The number of esters is 1. The number of aryl methyl sites for hydroxylation is 2. The van der Waals surface area contributed by atoms with E-state index >= 15 is 0 Å². The number of nitrogens with one attached hydrogen (secondary N) is 1. The minimum atomic E-state index is -0.943. The van der Waals surface area contributed by atoms with Gasteiger partial charge in [0, 0.05) is 37.5 Å². The standard InChI is InChI=1S/C24H28N2O4/c1-16(24(29)25-20-9-11-21(12-10-20)26(2)3)30-23(28)14-13-22(27)19-8-7-17-5-4-6-18(17)15-19/h7-12,15-16H,4-6,13-14H2,1-3H3,(H,25,29). The van der Waals surface area contributed by atoms with Crippen molar-refractivity contribution in [3.63, 3.8) is 0 Å². The lowest BCUT2D eigenvalue weighted by molar-refractivity contribution is -0.153. The lowest BCUT2D eigenvalue weighted by Crippen LogP contribution is -2.30. The summed E-state index contributed by atoms with van der Waals surface area (Å²) in [5.41, 5.74) is 4.81. The van der Waals surface area contributed by atoms with Crippen LogP contribution in [0, 0.1) is 0 Å². The van der Waals surface area contributed by atoms with Crippen LogP contribution in [0.15, 0.2) is 42.5 Å². The summed E-state index contributed by atoms with van der Waals surface area (Å²) in [7, 11) is 3.87. The minimum absolute atomic E-state index is 0.0505. The van der Waals surface area contributed by atoms with Crippen molar-refractivity contribution in [1.29, 1.82) is 0 Å². The third-order valence-corrected chi connectivity index (χ3v) is 5.31. The molecule has 0 aliphatic heterocycles. The normalized spacial score (nSPS) is 13.3. The third-order valence-electron chi connectivity index (χ3n) is 5.31. The van der Waals surface area contributed by atoms with E-state index in [1.165, 1.54) is 18.1 Å². The Balaban J connectivity index is 1.45. The second kappa shape index (κ2) is 9.57. The number of anilines is 2. The summed E-state index contributed by atoms with van der Waals surface area (Å²) in [6.45, 7) is 1.52. The maximum absolute atomic E-state index is 12.4. The molecule has 30 heavy (non-hydrogen) atoms. The van der Waals surface area contributed by atoms with Gasteiger partial charge in [0.2, 0.25) is 0 Å². The van der Waals surface area contributed by atoms with Crippen LogP contribution in [0.5, 0.6) is 0 Å². The number of carbonyl (C=O) groups is 3. The molecule has 0 radical (unpaired) electrons. The molecule has 0 saturated heterocycles. The lowest BCUT2D eigenvalue weighted by atomic mass is 10.0. The molecule has 1 atom stereocenters. The Morgan fingerprint density at radius 3 is 2.40 bits per heavy atom. The number of amides is 1. The summed E-state index contributed by atoms with van der Waals surface area (Å²) in [5.74, 6) is -1.05. The number of ketones is 1. The van der Waals surface area contributed by atoms with Crippen molar-refractivity contribution in [3.8, 4) is 0 Å². The molecule has 1 aliphatic rings. The number of fused-ring (bicyclic) bond motifs is 1. The van der Waals surface area contributed by atoms with Crippen LogP contribution in [-0.2, 0) is 27.2 Å². The number of benzene rings is 2. The van der Waals surface area contributed by atoms with Crippen LogP contribution >= 0.6 is 0 Å². The highest BCUT2D eigenvalue weighted by Gasteiger charge is 2.20. The van der Waals surface area contributed by atoms with Gasteiger partial charge in [0.25, 0.3) is 5.91 Å². The fourth-order valence-corrected chi connectivity index (χ4v) is 3.50. The predicted octanol–water partition coefficient (Wildman–Crippen LogP) is 3.77. The quantitative estimate of drug-likeness (QED) is 0.531. The number of nitrogens with zero attached hydrogens (tertiary/aromatic N) is 1. The molecule has 2 aromatic carbocycles. The van der Waals surface area contributed by atoms with E-state index in [1.807, 2.05) is 49.3 Å². The molecular weight excluding hydrogens is 380 g/mol. The molecule has 6 heteroatoms. The Hall–Kier alpha value is -3.15. The summed E-state index contributed by atoms with van der Waals surface area (Å²) in [4.78, 5) is 38.7. The van der Waals surface area contributed by atoms with Crippen molar-refractivity contribution in [2.24, 2.45) is 0 Å². The number of rotatable bonds is 8. The van der Waals surface area contributed by atoms with E-state index in [9.17, 15) is 14.4 Å².